The van der Waals surface area contributed by atoms with Gasteiger partial charge in [-0.2, -0.15) is 9.13 Å². The predicted molar refractivity (Wildman–Crippen MR) is 150 cm³/mol. The van der Waals surface area contributed by atoms with Gasteiger partial charge in [-0.15, -0.1) is 0 Å². The minimum atomic E-state index is -0.190. The monoisotopic (exact) mass is 496 g/mol. The van der Waals surface area contributed by atoms with Gasteiger partial charge >= 0.3 is 0 Å². The van der Waals surface area contributed by atoms with Gasteiger partial charge in [0.1, 0.15) is 5.82 Å². The molecule has 5 aromatic rings. The van der Waals surface area contributed by atoms with E-state index in [0.717, 1.165) is 46.5 Å². The van der Waals surface area contributed by atoms with E-state index in [1.807, 2.05) is 12.1 Å². The summed E-state index contributed by atoms with van der Waals surface area (Å²) in [7, 11) is 0. The van der Waals surface area contributed by atoms with Crippen molar-refractivity contribution in [3.05, 3.63) is 139 Å². The summed E-state index contributed by atoms with van der Waals surface area (Å²) in [5.41, 5.74) is 10.7. The first-order chi connectivity index (χ1) is 18.6. The standard InChI is InChI=1S/C35H29FN2/c1-23-22-38-24(2)35-29(27-14-6-7-15-28(27)32-17-8-9-20-37(32)35)19-18-26-13-10-16-31(36)34(26)33(38)21-30(23)25-11-4-3-5-12-25/h3-17,20-22,29,35H,2,18-19H2,1H3/q+2. The first kappa shape index (κ1) is 22.8. The Balaban J connectivity index is 1.53. The number of fused-ring (bicyclic) bond motifs is 9. The summed E-state index contributed by atoms with van der Waals surface area (Å²) < 4.78 is 20.3. The lowest BCUT2D eigenvalue weighted by Crippen LogP contribution is -2.53. The van der Waals surface area contributed by atoms with Gasteiger partial charge in [-0.05, 0) is 66.8 Å². The predicted octanol–water partition coefficient (Wildman–Crippen LogP) is 7.47. The molecule has 0 saturated carbocycles. The van der Waals surface area contributed by atoms with Crippen LogP contribution in [0.25, 0.3) is 39.3 Å². The molecule has 2 unspecified atom stereocenters. The van der Waals surface area contributed by atoms with Crippen molar-refractivity contribution in [2.75, 3.05) is 0 Å². The van der Waals surface area contributed by atoms with E-state index in [-0.39, 0.29) is 17.8 Å². The average Bonchev–Trinajstić information content (AvgIpc) is 3.00. The van der Waals surface area contributed by atoms with E-state index in [9.17, 15) is 0 Å². The van der Waals surface area contributed by atoms with Crippen molar-refractivity contribution in [2.24, 2.45) is 0 Å². The van der Waals surface area contributed by atoms with E-state index >= 15 is 4.39 Å². The number of aryl methyl sites for hydroxylation is 2. The van der Waals surface area contributed by atoms with Gasteiger partial charge in [0.2, 0.25) is 23.1 Å². The van der Waals surface area contributed by atoms with Crippen molar-refractivity contribution in [1.29, 1.82) is 0 Å². The number of halogens is 1. The molecule has 2 aromatic heterocycles. The summed E-state index contributed by atoms with van der Waals surface area (Å²) in [5.74, 6) is 0.0208. The van der Waals surface area contributed by atoms with Gasteiger partial charge in [-0.1, -0.05) is 60.7 Å². The molecule has 2 aliphatic heterocycles. The molecular formula is C35H29FN2+2. The number of pyridine rings is 2. The second-order valence-electron chi connectivity index (χ2n) is 10.4. The molecule has 3 aromatic carbocycles. The van der Waals surface area contributed by atoms with Crippen LogP contribution in [0.2, 0.25) is 0 Å². The molecule has 184 valence electrons. The molecular weight excluding hydrogens is 467 g/mol. The fourth-order valence-corrected chi connectivity index (χ4v) is 6.58. The van der Waals surface area contributed by atoms with Crippen molar-refractivity contribution in [2.45, 2.75) is 31.7 Å². The van der Waals surface area contributed by atoms with E-state index in [4.69, 9.17) is 6.58 Å². The number of hydrogen-bond acceptors (Lipinski definition) is 0. The highest BCUT2D eigenvalue weighted by molar-refractivity contribution is 5.74. The van der Waals surface area contributed by atoms with Crippen LogP contribution in [0.1, 0.15) is 35.1 Å². The van der Waals surface area contributed by atoms with Crippen LogP contribution >= 0.6 is 0 Å². The Kier molecular flexibility index (Phi) is 5.33. The maximum absolute atomic E-state index is 15.8. The van der Waals surface area contributed by atoms with Gasteiger partial charge in [0.15, 0.2) is 12.4 Å². The molecule has 2 atom stereocenters. The molecule has 0 aliphatic carbocycles. The van der Waals surface area contributed by atoms with Gasteiger partial charge in [-0.25, -0.2) is 4.39 Å². The smallest absolute Gasteiger partial charge is 0.206 e. The Morgan fingerprint density at radius 3 is 2.47 bits per heavy atom. The topological polar surface area (TPSA) is 7.76 Å². The summed E-state index contributed by atoms with van der Waals surface area (Å²) in [6, 6.07) is 33.2. The largest absolute Gasteiger partial charge is 0.249 e. The van der Waals surface area contributed by atoms with Crippen molar-refractivity contribution in [3.63, 3.8) is 0 Å². The Bertz CT molecular complexity index is 1720. The Morgan fingerprint density at radius 2 is 1.61 bits per heavy atom. The molecule has 2 aliphatic rings. The quantitative estimate of drug-likeness (QED) is 0.213. The lowest BCUT2D eigenvalue weighted by molar-refractivity contribution is -0.727. The van der Waals surface area contributed by atoms with Crippen LogP contribution in [-0.4, -0.2) is 0 Å². The Hall–Kier alpha value is -4.37. The number of hydrogen-bond donors (Lipinski definition) is 0. The van der Waals surface area contributed by atoms with E-state index in [1.165, 1.54) is 16.8 Å². The summed E-state index contributed by atoms with van der Waals surface area (Å²) in [6.45, 7) is 6.85. The lowest BCUT2D eigenvalue weighted by atomic mass is 9.78. The first-order valence-corrected chi connectivity index (χ1v) is 13.3. The van der Waals surface area contributed by atoms with Gasteiger partial charge in [0.25, 0.3) is 0 Å². The summed E-state index contributed by atoms with van der Waals surface area (Å²) in [5, 5.41) is 0. The SMILES string of the molecule is C=C1C2C(CCc3cccc(F)c3-c3cc(-c4ccccc4)c(C)c[n+]31)c1ccccc1-c1cccc[n+]12. The Labute approximate surface area is 223 Å². The first-order valence-electron chi connectivity index (χ1n) is 13.3. The minimum absolute atomic E-state index is 0.00389. The third-order valence-corrected chi connectivity index (χ3v) is 8.31. The second-order valence-corrected chi connectivity index (χ2v) is 10.4. The number of allylic oxidation sites excluding steroid dienone is 1. The van der Waals surface area contributed by atoms with Crippen LogP contribution in [0.5, 0.6) is 0 Å². The molecule has 0 bridgehead atoms. The van der Waals surface area contributed by atoms with Gasteiger partial charge in [-0.3, -0.25) is 0 Å². The molecule has 2 nitrogen and oxygen atoms in total. The molecule has 4 heterocycles. The Morgan fingerprint density at radius 1 is 0.816 bits per heavy atom. The zero-order valence-corrected chi connectivity index (χ0v) is 21.4. The number of benzene rings is 3. The van der Waals surface area contributed by atoms with E-state index in [2.05, 4.69) is 107 Å². The third-order valence-electron chi connectivity index (χ3n) is 8.31. The van der Waals surface area contributed by atoms with Crippen molar-refractivity contribution >= 4 is 5.70 Å². The number of aromatic nitrogens is 2. The molecule has 7 rings (SSSR count). The highest BCUT2D eigenvalue weighted by atomic mass is 19.1. The van der Waals surface area contributed by atoms with Crippen LogP contribution in [0.3, 0.4) is 0 Å². The van der Waals surface area contributed by atoms with Gasteiger partial charge in [0, 0.05) is 29.3 Å². The highest BCUT2D eigenvalue weighted by Crippen LogP contribution is 2.45. The van der Waals surface area contributed by atoms with Crippen LogP contribution < -0.4 is 9.13 Å². The molecule has 0 fully saturated rings. The minimum Gasteiger partial charge on any atom is -0.206 e. The molecule has 0 saturated heterocycles. The molecule has 3 heteroatoms. The van der Waals surface area contributed by atoms with E-state index < -0.39 is 0 Å². The van der Waals surface area contributed by atoms with Gasteiger partial charge in [0.05, 0.1) is 11.5 Å². The van der Waals surface area contributed by atoms with Crippen LogP contribution in [0.15, 0.2) is 116 Å². The maximum atomic E-state index is 15.8. The average molecular weight is 497 g/mol. The zero-order chi connectivity index (χ0) is 25.8. The highest BCUT2D eigenvalue weighted by Gasteiger charge is 2.47. The van der Waals surface area contributed by atoms with E-state index in [0.29, 0.717) is 5.56 Å². The summed E-state index contributed by atoms with van der Waals surface area (Å²) >= 11 is 0. The van der Waals surface area contributed by atoms with Gasteiger partial charge < -0.3 is 0 Å². The zero-order valence-electron chi connectivity index (χ0n) is 21.4. The summed E-state index contributed by atoms with van der Waals surface area (Å²) in [4.78, 5) is 0. The van der Waals surface area contributed by atoms with Crippen LogP contribution in [0, 0.1) is 12.7 Å². The fraction of sp³-hybridized carbons (Fsp3) is 0.143. The third kappa shape index (κ3) is 3.46. The van der Waals surface area contributed by atoms with Crippen molar-refractivity contribution in [1.82, 2.24) is 0 Å². The fourth-order valence-electron chi connectivity index (χ4n) is 6.58. The van der Waals surface area contributed by atoms with Crippen LogP contribution in [0.4, 0.5) is 4.39 Å². The normalized spacial score (nSPS) is 17.6. The lowest BCUT2D eigenvalue weighted by Gasteiger charge is -2.29. The second kappa shape index (κ2) is 8.88. The molecule has 0 radical (unpaired) electrons. The number of rotatable bonds is 1. The summed E-state index contributed by atoms with van der Waals surface area (Å²) in [6.07, 6.45) is 6.01. The maximum Gasteiger partial charge on any atom is 0.249 e. The molecule has 0 N–H and O–H groups in total. The molecule has 38 heavy (non-hydrogen) atoms. The van der Waals surface area contributed by atoms with Crippen molar-refractivity contribution in [3.8, 4) is 33.6 Å². The molecule has 0 amide bonds. The number of nitrogens with zero attached hydrogens (tertiary/aromatic N) is 2. The van der Waals surface area contributed by atoms with E-state index in [1.54, 1.807) is 6.07 Å². The van der Waals surface area contributed by atoms with Crippen LogP contribution in [-0.2, 0) is 6.42 Å². The molecule has 0 spiro atoms. The van der Waals surface area contributed by atoms with Crippen molar-refractivity contribution < 1.29 is 13.5 Å².